The van der Waals surface area contributed by atoms with E-state index in [0.29, 0.717) is 24.8 Å². The number of aliphatic hydroxyl groups excluding tert-OH is 1. The van der Waals surface area contributed by atoms with Crippen LogP contribution in [0.1, 0.15) is 6.42 Å². The Hall–Kier alpha value is -1.48. The molecule has 0 aliphatic carbocycles. The van der Waals surface area contributed by atoms with Crippen LogP contribution in [0.25, 0.3) is 10.2 Å². The molecular weight excluding hydrogens is 266 g/mol. The SMILES string of the molecule is COCCC(CO)Nc1nc(NN)nc2sccc12. The summed E-state index contributed by atoms with van der Waals surface area (Å²) >= 11 is 1.51. The maximum atomic E-state index is 9.36. The number of ether oxygens (including phenoxy) is 1. The average Bonchev–Trinajstić information content (AvgIpc) is 2.91. The number of aromatic nitrogens is 2. The number of fused-ring (bicyclic) bond motifs is 1. The molecule has 104 valence electrons. The highest BCUT2D eigenvalue weighted by atomic mass is 32.1. The number of nitrogens with one attached hydrogen (secondary N) is 2. The zero-order valence-corrected chi connectivity index (χ0v) is 11.4. The topological polar surface area (TPSA) is 105 Å². The summed E-state index contributed by atoms with van der Waals surface area (Å²) in [5.41, 5.74) is 2.44. The summed E-state index contributed by atoms with van der Waals surface area (Å²) in [6.45, 7) is 0.572. The van der Waals surface area contributed by atoms with E-state index in [1.54, 1.807) is 7.11 Å². The Bertz CT molecular complexity index is 533. The lowest BCUT2D eigenvalue weighted by Crippen LogP contribution is -2.26. The van der Waals surface area contributed by atoms with Gasteiger partial charge in [-0.25, -0.2) is 10.8 Å². The smallest absolute Gasteiger partial charge is 0.240 e. The van der Waals surface area contributed by atoms with E-state index in [1.807, 2.05) is 11.4 Å². The first-order valence-corrected chi connectivity index (χ1v) is 6.74. The predicted octanol–water partition coefficient (Wildman–Crippen LogP) is 0.786. The molecule has 8 heteroatoms. The summed E-state index contributed by atoms with van der Waals surface area (Å²) in [4.78, 5) is 9.38. The Labute approximate surface area is 114 Å². The first-order valence-electron chi connectivity index (χ1n) is 5.86. The van der Waals surface area contributed by atoms with E-state index in [-0.39, 0.29) is 12.6 Å². The molecule has 5 N–H and O–H groups in total. The van der Waals surface area contributed by atoms with E-state index in [0.717, 1.165) is 10.2 Å². The van der Waals surface area contributed by atoms with Crippen molar-refractivity contribution < 1.29 is 9.84 Å². The number of nitrogens with two attached hydrogens (primary N) is 1. The van der Waals surface area contributed by atoms with Crippen molar-refractivity contribution in [1.29, 1.82) is 0 Å². The molecule has 0 saturated heterocycles. The highest BCUT2D eigenvalue weighted by molar-refractivity contribution is 7.16. The summed E-state index contributed by atoms with van der Waals surface area (Å²) in [7, 11) is 1.63. The highest BCUT2D eigenvalue weighted by Gasteiger charge is 2.13. The van der Waals surface area contributed by atoms with Gasteiger partial charge in [0, 0.05) is 13.7 Å². The predicted molar refractivity (Wildman–Crippen MR) is 76.2 cm³/mol. The Morgan fingerprint density at radius 2 is 2.37 bits per heavy atom. The molecule has 0 amide bonds. The van der Waals surface area contributed by atoms with Gasteiger partial charge in [0.1, 0.15) is 10.6 Å². The molecule has 2 aromatic heterocycles. The van der Waals surface area contributed by atoms with Crippen LogP contribution in [0.5, 0.6) is 0 Å². The fraction of sp³-hybridized carbons (Fsp3) is 0.455. The molecule has 19 heavy (non-hydrogen) atoms. The van der Waals surface area contributed by atoms with Gasteiger partial charge in [-0.1, -0.05) is 0 Å². The van der Waals surface area contributed by atoms with Gasteiger partial charge in [-0.05, 0) is 17.9 Å². The number of rotatable bonds is 7. The quantitative estimate of drug-likeness (QED) is 0.439. The molecule has 0 fully saturated rings. The molecule has 1 atom stereocenters. The summed E-state index contributed by atoms with van der Waals surface area (Å²) in [6, 6.07) is 1.82. The molecule has 1 unspecified atom stereocenters. The monoisotopic (exact) mass is 283 g/mol. The third kappa shape index (κ3) is 3.29. The number of hydrogen-bond donors (Lipinski definition) is 4. The molecule has 0 aromatic carbocycles. The van der Waals surface area contributed by atoms with Gasteiger partial charge in [-0.3, -0.25) is 5.43 Å². The van der Waals surface area contributed by atoms with Crippen molar-refractivity contribution in [3.8, 4) is 0 Å². The van der Waals surface area contributed by atoms with Crippen LogP contribution < -0.4 is 16.6 Å². The van der Waals surface area contributed by atoms with Crippen molar-refractivity contribution in [3.63, 3.8) is 0 Å². The van der Waals surface area contributed by atoms with Crippen LogP contribution in [0.2, 0.25) is 0 Å². The van der Waals surface area contributed by atoms with Crippen LogP contribution >= 0.6 is 11.3 Å². The maximum absolute atomic E-state index is 9.36. The molecule has 0 bridgehead atoms. The van der Waals surface area contributed by atoms with Gasteiger partial charge in [0.25, 0.3) is 0 Å². The number of methoxy groups -OCH3 is 1. The summed E-state index contributed by atoms with van der Waals surface area (Å²) in [6.07, 6.45) is 0.689. The van der Waals surface area contributed by atoms with Gasteiger partial charge in [-0.15, -0.1) is 11.3 Å². The van der Waals surface area contributed by atoms with Crippen molar-refractivity contribution >= 4 is 33.3 Å². The molecule has 0 radical (unpaired) electrons. The van der Waals surface area contributed by atoms with E-state index in [1.165, 1.54) is 11.3 Å². The molecule has 0 aliphatic heterocycles. The van der Waals surface area contributed by atoms with Gasteiger partial charge < -0.3 is 15.2 Å². The molecule has 0 saturated carbocycles. The van der Waals surface area contributed by atoms with E-state index in [4.69, 9.17) is 10.6 Å². The van der Waals surface area contributed by atoms with Crippen LogP contribution in [0.15, 0.2) is 11.4 Å². The second kappa shape index (κ2) is 6.62. The maximum Gasteiger partial charge on any atom is 0.240 e. The molecule has 7 nitrogen and oxygen atoms in total. The molecule has 2 rings (SSSR count). The van der Waals surface area contributed by atoms with E-state index >= 15 is 0 Å². The molecule has 2 aromatic rings. The second-order valence-electron chi connectivity index (χ2n) is 3.98. The lowest BCUT2D eigenvalue weighted by Gasteiger charge is -2.17. The zero-order chi connectivity index (χ0) is 13.7. The Kier molecular flexibility index (Phi) is 4.86. The van der Waals surface area contributed by atoms with Gasteiger partial charge >= 0.3 is 0 Å². The summed E-state index contributed by atoms with van der Waals surface area (Å²) < 4.78 is 5.02. The zero-order valence-electron chi connectivity index (χ0n) is 10.6. The average molecular weight is 283 g/mol. The fourth-order valence-corrected chi connectivity index (χ4v) is 2.46. The minimum Gasteiger partial charge on any atom is -0.394 e. The molecule has 0 spiro atoms. The van der Waals surface area contributed by atoms with Crippen molar-refractivity contribution in [2.24, 2.45) is 5.84 Å². The first kappa shape index (κ1) is 13.9. The molecule has 0 aliphatic rings. The number of thiophene rings is 1. The van der Waals surface area contributed by atoms with Crippen LogP contribution in [0.4, 0.5) is 11.8 Å². The number of nitrogens with zero attached hydrogens (tertiary/aromatic N) is 2. The van der Waals surface area contributed by atoms with Crippen LogP contribution in [0, 0.1) is 0 Å². The third-order valence-electron chi connectivity index (χ3n) is 2.69. The standard InChI is InChI=1S/C11H17N5O2S/c1-18-4-2-7(6-17)13-9-8-3-5-19-10(8)15-11(14-9)16-12/h3,5,7,17H,2,4,6,12H2,1H3,(H2,13,14,15,16). The van der Waals surface area contributed by atoms with E-state index < -0.39 is 0 Å². The highest BCUT2D eigenvalue weighted by Crippen LogP contribution is 2.26. The number of hydrazine groups is 1. The molecular formula is C11H17N5O2S. The minimum atomic E-state index is -0.122. The van der Waals surface area contributed by atoms with E-state index in [2.05, 4.69) is 20.7 Å². The Morgan fingerprint density at radius 3 is 3.05 bits per heavy atom. The summed E-state index contributed by atoms with van der Waals surface area (Å²) in [5.74, 6) is 6.36. The lowest BCUT2D eigenvalue weighted by atomic mass is 10.2. The van der Waals surface area contributed by atoms with Gasteiger partial charge in [0.05, 0.1) is 18.0 Å². The van der Waals surface area contributed by atoms with Crippen molar-refractivity contribution in [1.82, 2.24) is 9.97 Å². The third-order valence-corrected chi connectivity index (χ3v) is 3.49. The van der Waals surface area contributed by atoms with Crippen LogP contribution in [-0.4, -0.2) is 41.4 Å². The number of nitrogen functional groups attached to an aromatic ring is 1. The number of hydrogen-bond acceptors (Lipinski definition) is 8. The summed E-state index contributed by atoms with van der Waals surface area (Å²) in [5, 5.41) is 15.4. The van der Waals surface area contributed by atoms with Crippen molar-refractivity contribution in [2.75, 3.05) is 31.1 Å². The van der Waals surface area contributed by atoms with Gasteiger partial charge in [-0.2, -0.15) is 4.98 Å². The Balaban J connectivity index is 2.24. The Morgan fingerprint density at radius 1 is 1.53 bits per heavy atom. The minimum absolute atomic E-state index is 0.00435. The van der Waals surface area contributed by atoms with Gasteiger partial charge in [0.15, 0.2) is 0 Å². The first-order chi connectivity index (χ1) is 9.28. The normalized spacial score (nSPS) is 12.6. The number of anilines is 2. The number of aliphatic hydroxyl groups is 1. The fourth-order valence-electron chi connectivity index (χ4n) is 1.69. The van der Waals surface area contributed by atoms with Crippen molar-refractivity contribution in [2.45, 2.75) is 12.5 Å². The van der Waals surface area contributed by atoms with Crippen LogP contribution in [0.3, 0.4) is 0 Å². The van der Waals surface area contributed by atoms with Gasteiger partial charge in [0.2, 0.25) is 5.95 Å². The second-order valence-corrected chi connectivity index (χ2v) is 4.88. The lowest BCUT2D eigenvalue weighted by molar-refractivity contribution is 0.174. The van der Waals surface area contributed by atoms with Crippen LogP contribution in [-0.2, 0) is 4.74 Å². The van der Waals surface area contributed by atoms with Crippen molar-refractivity contribution in [3.05, 3.63) is 11.4 Å². The molecule has 2 heterocycles. The van der Waals surface area contributed by atoms with E-state index in [9.17, 15) is 5.11 Å². The largest absolute Gasteiger partial charge is 0.394 e.